The van der Waals surface area contributed by atoms with E-state index in [0.717, 1.165) is 42.3 Å². The molecule has 3 aromatic heterocycles. The van der Waals surface area contributed by atoms with Gasteiger partial charge in [0.05, 0.1) is 11.3 Å². The lowest BCUT2D eigenvalue weighted by molar-refractivity contribution is -0.116. The van der Waals surface area contributed by atoms with Crippen molar-refractivity contribution in [1.82, 2.24) is 15.1 Å². The molecule has 10 heteroatoms. The lowest BCUT2D eigenvalue weighted by atomic mass is 9.96. The van der Waals surface area contributed by atoms with Gasteiger partial charge in [0.2, 0.25) is 11.8 Å². The fourth-order valence-corrected chi connectivity index (χ4v) is 5.61. The van der Waals surface area contributed by atoms with Crippen molar-refractivity contribution >= 4 is 45.1 Å². The first-order valence-corrected chi connectivity index (χ1v) is 12.1. The maximum absolute atomic E-state index is 12.4. The molecule has 0 atom stereocenters. The third-order valence-electron chi connectivity index (χ3n) is 5.21. The van der Waals surface area contributed by atoms with E-state index in [1.165, 1.54) is 28.0 Å². The smallest absolute Gasteiger partial charge is 0.257 e. The molecule has 1 aliphatic carbocycles. The minimum absolute atomic E-state index is 0.166. The molecule has 0 saturated carbocycles. The number of nitriles is 1. The van der Waals surface area contributed by atoms with Crippen LogP contribution in [0.15, 0.2) is 38.4 Å². The van der Waals surface area contributed by atoms with Crippen LogP contribution in [0, 0.1) is 11.3 Å². The SMILES string of the molecule is N#Cc1c(NC(=O)CCc2nc(CSc3nc4ccccc4o3)no2)sc2c1CCCC2. The summed E-state index contributed by atoms with van der Waals surface area (Å²) >= 11 is 2.91. The van der Waals surface area contributed by atoms with Crippen molar-refractivity contribution in [2.45, 2.75) is 49.5 Å². The lowest BCUT2D eigenvalue weighted by Gasteiger charge is -2.09. The summed E-state index contributed by atoms with van der Waals surface area (Å²) in [4.78, 5) is 22.4. The molecular weight excluding hydrogens is 446 g/mol. The average molecular weight is 466 g/mol. The molecule has 0 aliphatic heterocycles. The lowest BCUT2D eigenvalue weighted by Crippen LogP contribution is -2.12. The topological polar surface area (TPSA) is 118 Å². The first-order chi connectivity index (χ1) is 15.7. The standard InChI is InChI=1S/C22H19N5O3S2/c23-11-14-13-5-1-4-8-17(13)32-21(14)26-19(28)9-10-20-25-18(27-30-20)12-31-22-24-15-6-2-3-7-16(15)29-22/h2-3,6-7H,1,4-5,8-10,12H2,(H,26,28). The third kappa shape index (κ3) is 4.40. The zero-order chi connectivity index (χ0) is 21.9. The van der Waals surface area contributed by atoms with Crippen LogP contribution in [0.2, 0.25) is 0 Å². The predicted octanol–water partition coefficient (Wildman–Crippen LogP) is 4.89. The van der Waals surface area contributed by atoms with Gasteiger partial charge in [-0.05, 0) is 43.4 Å². The van der Waals surface area contributed by atoms with Crippen LogP contribution in [0.25, 0.3) is 11.1 Å². The number of nitrogens with zero attached hydrogens (tertiary/aromatic N) is 4. The van der Waals surface area contributed by atoms with E-state index in [9.17, 15) is 10.1 Å². The summed E-state index contributed by atoms with van der Waals surface area (Å²) < 4.78 is 10.9. The van der Waals surface area contributed by atoms with Crippen molar-refractivity contribution in [1.29, 1.82) is 5.26 Å². The second-order valence-electron chi connectivity index (χ2n) is 7.42. The van der Waals surface area contributed by atoms with Crippen molar-refractivity contribution in [2.24, 2.45) is 0 Å². The molecule has 8 nitrogen and oxygen atoms in total. The van der Waals surface area contributed by atoms with Gasteiger partial charge in [0, 0.05) is 17.7 Å². The molecule has 0 spiro atoms. The van der Waals surface area contributed by atoms with Crippen molar-refractivity contribution in [2.75, 3.05) is 5.32 Å². The Labute approximate surface area is 192 Å². The Morgan fingerprint density at radius 3 is 3.00 bits per heavy atom. The number of aryl methyl sites for hydroxylation is 2. The number of amides is 1. The first kappa shape index (κ1) is 20.7. The highest BCUT2D eigenvalue weighted by Crippen LogP contribution is 2.37. The zero-order valence-corrected chi connectivity index (χ0v) is 18.7. The van der Waals surface area contributed by atoms with Crippen molar-refractivity contribution < 1.29 is 13.7 Å². The molecule has 1 amide bonds. The van der Waals surface area contributed by atoms with E-state index < -0.39 is 0 Å². The van der Waals surface area contributed by atoms with Crippen molar-refractivity contribution in [3.8, 4) is 6.07 Å². The molecule has 1 aliphatic rings. The average Bonchev–Trinajstić information content (AvgIpc) is 3.52. The van der Waals surface area contributed by atoms with Gasteiger partial charge in [0.25, 0.3) is 5.22 Å². The van der Waals surface area contributed by atoms with Crippen LogP contribution < -0.4 is 5.32 Å². The van der Waals surface area contributed by atoms with Gasteiger partial charge in [-0.25, -0.2) is 4.98 Å². The zero-order valence-electron chi connectivity index (χ0n) is 17.1. The maximum Gasteiger partial charge on any atom is 0.257 e. The Balaban J connectivity index is 1.14. The molecule has 1 N–H and O–H groups in total. The summed E-state index contributed by atoms with van der Waals surface area (Å²) in [6.45, 7) is 0. The molecular formula is C22H19N5O3S2. The summed E-state index contributed by atoms with van der Waals surface area (Å²) in [5.74, 6) is 1.21. The van der Waals surface area contributed by atoms with E-state index in [1.54, 1.807) is 0 Å². The van der Waals surface area contributed by atoms with E-state index in [2.05, 4.69) is 26.5 Å². The number of fused-ring (bicyclic) bond motifs is 2. The Morgan fingerprint density at radius 1 is 1.25 bits per heavy atom. The summed E-state index contributed by atoms with van der Waals surface area (Å²) in [6.07, 6.45) is 4.66. The van der Waals surface area contributed by atoms with E-state index >= 15 is 0 Å². The van der Waals surface area contributed by atoms with Gasteiger partial charge in [-0.3, -0.25) is 4.79 Å². The molecule has 1 aromatic carbocycles. The number of carbonyl (C=O) groups excluding carboxylic acids is 1. The summed E-state index contributed by atoms with van der Waals surface area (Å²) in [6, 6.07) is 9.84. The van der Waals surface area contributed by atoms with Gasteiger partial charge < -0.3 is 14.3 Å². The number of benzene rings is 1. The fourth-order valence-electron chi connectivity index (χ4n) is 3.67. The highest BCUT2D eigenvalue weighted by molar-refractivity contribution is 7.98. The minimum atomic E-state index is -0.166. The number of para-hydroxylation sites is 2. The van der Waals surface area contributed by atoms with Crippen LogP contribution in [0.3, 0.4) is 0 Å². The van der Waals surface area contributed by atoms with Gasteiger partial charge in [-0.2, -0.15) is 10.2 Å². The van der Waals surface area contributed by atoms with E-state index in [-0.39, 0.29) is 12.3 Å². The molecule has 0 unspecified atom stereocenters. The van der Waals surface area contributed by atoms with Gasteiger partial charge in [-0.1, -0.05) is 29.1 Å². The first-order valence-electron chi connectivity index (χ1n) is 10.3. The number of hydrogen-bond acceptors (Lipinski definition) is 9. The van der Waals surface area contributed by atoms with Crippen LogP contribution in [0.4, 0.5) is 5.00 Å². The number of aromatic nitrogens is 3. The third-order valence-corrected chi connectivity index (χ3v) is 7.24. The van der Waals surface area contributed by atoms with Crippen LogP contribution in [0.1, 0.15) is 47.0 Å². The van der Waals surface area contributed by atoms with Crippen LogP contribution in [-0.4, -0.2) is 21.0 Å². The Bertz CT molecular complexity index is 1280. The van der Waals surface area contributed by atoms with Crippen LogP contribution in [0.5, 0.6) is 0 Å². The number of carbonyl (C=O) groups is 1. The van der Waals surface area contributed by atoms with Crippen LogP contribution >= 0.6 is 23.1 Å². The summed E-state index contributed by atoms with van der Waals surface area (Å²) in [5.41, 5.74) is 3.27. The number of thiophene rings is 1. The number of rotatable bonds is 7. The molecule has 0 bridgehead atoms. The number of hydrogen-bond donors (Lipinski definition) is 1. The molecule has 3 heterocycles. The quantitative estimate of drug-likeness (QED) is 0.383. The summed E-state index contributed by atoms with van der Waals surface area (Å²) in [7, 11) is 0. The van der Waals surface area contributed by atoms with Gasteiger partial charge in [0.1, 0.15) is 16.6 Å². The largest absolute Gasteiger partial charge is 0.431 e. The molecule has 5 rings (SSSR count). The monoisotopic (exact) mass is 465 g/mol. The predicted molar refractivity (Wildman–Crippen MR) is 120 cm³/mol. The molecule has 0 radical (unpaired) electrons. The van der Waals surface area contributed by atoms with E-state index in [4.69, 9.17) is 8.94 Å². The fraction of sp³-hybridized carbons (Fsp3) is 0.318. The number of nitrogens with one attached hydrogen (secondary N) is 1. The molecule has 32 heavy (non-hydrogen) atoms. The minimum Gasteiger partial charge on any atom is -0.431 e. The Morgan fingerprint density at radius 2 is 2.12 bits per heavy atom. The van der Waals surface area contributed by atoms with Crippen molar-refractivity contribution in [3.05, 3.63) is 52.0 Å². The normalized spacial score (nSPS) is 13.1. The van der Waals surface area contributed by atoms with Gasteiger partial charge in [0.15, 0.2) is 11.4 Å². The molecule has 4 aromatic rings. The molecule has 0 fully saturated rings. The summed E-state index contributed by atoms with van der Waals surface area (Å²) in [5, 5.41) is 17.6. The Kier molecular flexibility index (Phi) is 5.92. The number of oxazole rings is 1. The van der Waals surface area contributed by atoms with Gasteiger partial charge >= 0.3 is 0 Å². The van der Waals surface area contributed by atoms with Gasteiger partial charge in [-0.15, -0.1) is 11.3 Å². The second kappa shape index (κ2) is 9.14. The van der Waals surface area contributed by atoms with E-state index in [1.807, 2.05) is 24.3 Å². The highest BCUT2D eigenvalue weighted by atomic mass is 32.2. The number of thioether (sulfide) groups is 1. The van der Waals surface area contributed by atoms with Crippen LogP contribution in [-0.2, 0) is 29.8 Å². The Hall–Kier alpha value is -3.16. The molecule has 162 valence electrons. The molecule has 0 saturated heterocycles. The van der Waals surface area contributed by atoms with E-state index in [0.29, 0.717) is 39.7 Å². The second-order valence-corrected chi connectivity index (χ2v) is 9.45. The maximum atomic E-state index is 12.4. The highest BCUT2D eigenvalue weighted by Gasteiger charge is 2.22. The number of anilines is 1. The van der Waals surface area contributed by atoms with Crippen molar-refractivity contribution in [3.63, 3.8) is 0 Å².